The minimum atomic E-state index is -4.37. The molecule has 0 bridgehead atoms. The second kappa shape index (κ2) is 9.84. The van der Waals surface area contributed by atoms with Crippen LogP contribution < -0.4 is 15.5 Å². The first-order chi connectivity index (χ1) is 15.5. The van der Waals surface area contributed by atoms with Gasteiger partial charge in [0, 0.05) is 26.2 Å². The van der Waals surface area contributed by atoms with Gasteiger partial charge in [-0.25, -0.2) is 0 Å². The number of rotatable bonds is 8. The van der Waals surface area contributed by atoms with Gasteiger partial charge in [0.1, 0.15) is 0 Å². The van der Waals surface area contributed by atoms with Crippen LogP contribution in [0.15, 0.2) is 54.6 Å². The van der Waals surface area contributed by atoms with E-state index in [0.29, 0.717) is 30.0 Å². The maximum Gasteiger partial charge on any atom is 0.416 e. The van der Waals surface area contributed by atoms with Gasteiger partial charge < -0.3 is 15.5 Å². The molecule has 2 aromatic carbocycles. The molecular formula is C23H25F3N6. The van der Waals surface area contributed by atoms with Gasteiger partial charge in [0.05, 0.1) is 5.56 Å². The van der Waals surface area contributed by atoms with Crippen molar-refractivity contribution in [3.63, 3.8) is 0 Å². The summed E-state index contributed by atoms with van der Waals surface area (Å²) in [7, 11) is 0. The lowest BCUT2D eigenvalue weighted by atomic mass is 10.1. The summed E-state index contributed by atoms with van der Waals surface area (Å²) in [5, 5.41) is 6.30. The Hall–Kier alpha value is -3.36. The minimum absolute atomic E-state index is 0.177. The van der Waals surface area contributed by atoms with Gasteiger partial charge in [-0.1, -0.05) is 42.5 Å². The molecule has 0 amide bonds. The molecule has 1 fully saturated rings. The molecule has 4 rings (SSSR count). The van der Waals surface area contributed by atoms with Crippen LogP contribution in [0.4, 0.5) is 31.0 Å². The number of anilines is 3. The largest absolute Gasteiger partial charge is 0.416 e. The molecule has 0 saturated carbocycles. The fourth-order valence-corrected chi connectivity index (χ4v) is 3.58. The highest BCUT2D eigenvalue weighted by atomic mass is 19.4. The molecule has 0 unspecified atom stereocenters. The highest BCUT2D eigenvalue weighted by Crippen LogP contribution is 2.29. The van der Waals surface area contributed by atoms with Gasteiger partial charge in [0.25, 0.3) is 0 Å². The molecule has 3 aromatic rings. The molecular weight excluding hydrogens is 417 g/mol. The van der Waals surface area contributed by atoms with Crippen LogP contribution in [0.5, 0.6) is 0 Å². The first kappa shape index (κ1) is 21.9. The number of benzene rings is 2. The van der Waals surface area contributed by atoms with Gasteiger partial charge in [0.2, 0.25) is 17.8 Å². The predicted molar refractivity (Wildman–Crippen MR) is 119 cm³/mol. The lowest BCUT2D eigenvalue weighted by Crippen LogP contribution is -2.22. The standard InChI is InChI=1S/C23H25F3N6/c24-23(25,26)19-10-6-9-18(15-19)16-28-21-29-20(27-12-11-17-7-2-1-3-8-17)30-22(31-21)32-13-4-5-14-32/h1-3,6-10,15H,4-5,11-14,16H2,(H2,27,28,29,30,31). The van der Waals surface area contributed by atoms with Crippen molar-refractivity contribution in [3.8, 4) is 0 Å². The Kier molecular flexibility index (Phi) is 6.72. The first-order valence-corrected chi connectivity index (χ1v) is 10.7. The van der Waals surface area contributed by atoms with Crippen LogP contribution in [0.1, 0.15) is 29.5 Å². The fourth-order valence-electron chi connectivity index (χ4n) is 3.58. The molecule has 1 saturated heterocycles. The van der Waals surface area contributed by atoms with E-state index in [1.54, 1.807) is 6.07 Å². The van der Waals surface area contributed by atoms with E-state index in [2.05, 4.69) is 42.6 Å². The van der Waals surface area contributed by atoms with E-state index >= 15 is 0 Å². The lowest BCUT2D eigenvalue weighted by Gasteiger charge is -2.17. The molecule has 2 heterocycles. The average Bonchev–Trinajstić information content (AvgIpc) is 3.33. The number of nitrogens with one attached hydrogen (secondary N) is 2. The van der Waals surface area contributed by atoms with Crippen molar-refractivity contribution < 1.29 is 13.2 Å². The third-order valence-corrected chi connectivity index (χ3v) is 5.26. The fraction of sp³-hybridized carbons (Fsp3) is 0.348. The van der Waals surface area contributed by atoms with Crippen LogP contribution >= 0.6 is 0 Å². The zero-order valence-corrected chi connectivity index (χ0v) is 17.6. The summed E-state index contributed by atoms with van der Waals surface area (Å²) in [4.78, 5) is 15.6. The molecule has 1 aliphatic heterocycles. The summed E-state index contributed by atoms with van der Waals surface area (Å²) >= 11 is 0. The van der Waals surface area contributed by atoms with Crippen LogP contribution in [-0.4, -0.2) is 34.6 Å². The Labute approximate surface area is 184 Å². The number of halogens is 3. The van der Waals surface area contributed by atoms with Crippen molar-refractivity contribution in [1.29, 1.82) is 0 Å². The van der Waals surface area contributed by atoms with Crippen LogP contribution in [0, 0.1) is 0 Å². The summed E-state index contributed by atoms with van der Waals surface area (Å²) in [5.41, 5.74) is 1.03. The summed E-state index contributed by atoms with van der Waals surface area (Å²) < 4.78 is 39.0. The summed E-state index contributed by atoms with van der Waals surface area (Å²) in [5.74, 6) is 1.36. The Bertz CT molecular complexity index is 1020. The first-order valence-electron chi connectivity index (χ1n) is 10.7. The van der Waals surface area contributed by atoms with E-state index in [1.807, 2.05) is 18.2 Å². The molecule has 0 atom stereocenters. The Morgan fingerprint density at radius 2 is 1.50 bits per heavy atom. The Morgan fingerprint density at radius 1 is 0.812 bits per heavy atom. The van der Waals surface area contributed by atoms with E-state index < -0.39 is 11.7 Å². The van der Waals surface area contributed by atoms with Crippen molar-refractivity contribution in [2.75, 3.05) is 35.2 Å². The second-order valence-corrected chi connectivity index (χ2v) is 7.69. The van der Waals surface area contributed by atoms with E-state index in [-0.39, 0.29) is 6.54 Å². The molecule has 2 N–H and O–H groups in total. The van der Waals surface area contributed by atoms with Crippen LogP contribution in [0.3, 0.4) is 0 Å². The topological polar surface area (TPSA) is 66.0 Å². The van der Waals surface area contributed by atoms with Crippen LogP contribution in [0.2, 0.25) is 0 Å². The van der Waals surface area contributed by atoms with Crippen molar-refractivity contribution in [2.45, 2.75) is 32.0 Å². The molecule has 1 aliphatic rings. The van der Waals surface area contributed by atoms with Gasteiger partial charge in [-0.05, 0) is 42.5 Å². The number of alkyl halides is 3. The van der Waals surface area contributed by atoms with Gasteiger partial charge in [-0.2, -0.15) is 28.1 Å². The quantitative estimate of drug-likeness (QED) is 0.525. The molecule has 6 nitrogen and oxygen atoms in total. The Balaban J connectivity index is 1.46. The third kappa shape index (κ3) is 5.87. The summed E-state index contributed by atoms with van der Waals surface area (Å²) in [6.07, 6.45) is -1.40. The smallest absolute Gasteiger partial charge is 0.354 e. The van der Waals surface area contributed by atoms with E-state index in [1.165, 1.54) is 11.6 Å². The van der Waals surface area contributed by atoms with Gasteiger partial charge in [0.15, 0.2) is 0 Å². The number of nitrogens with zero attached hydrogens (tertiary/aromatic N) is 4. The normalized spacial score (nSPS) is 13.9. The van der Waals surface area contributed by atoms with Crippen molar-refractivity contribution in [3.05, 3.63) is 71.3 Å². The highest BCUT2D eigenvalue weighted by molar-refractivity contribution is 5.45. The average molecular weight is 442 g/mol. The third-order valence-electron chi connectivity index (χ3n) is 5.26. The minimum Gasteiger partial charge on any atom is -0.354 e. The maximum absolute atomic E-state index is 13.0. The Morgan fingerprint density at radius 3 is 2.22 bits per heavy atom. The zero-order chi connectivity index (χ0) is 22.4. The van der Waals surface area contributed by atoms with E-state index in [0.717, 1.165) is 44.5 Å². The summed E-state index contributed by atoms with van der Waals surface area (Å²) in [6.45, 7) is 2.58. The van der Waals surface area contributed by atoms with Crippen molar-refractivity contribution in [2.24, 2.45) is 0 Å². The van der Waals surface area contributed by atoms with E-state index in [9.17, 15) is 13.2 Å². The molecule has 168 valence electrons. The number of aromatic nitrogens is 3. The SMILES string of the molecule is FC(F)(F)c1cccc(CNc2nc(NCCc3ccccc3)nc(N3CCCC3)n2)c1. The highest BCUT2D eigenvalue weighted by Gasteiger charge is 2.30. The monoisotopic (exact) mass is 442 g/mol. The molecule has 0 spiro atoms. The van der Waals surface area contributed by atoms with E-state index in [4.69, 9.17) is 0 Å². The second-order valence-electron chi connectivity index (χ2n) is 7.69. The molecule has 1 aromatic heterocycles. The molecule has 32 heavy (non-hydrogen) atoms. The zero-order valence-electron chi connectivity index (χ0n) is 17.6. The molecule has 0 aliphatic carbocycles. The number of hydrogen-bond donors (Lipinski definition) is 2. The molecule has 0 radical (unpaired) electrons. The van der Waals surface area contributed by atoms with Crippen LogP contribution in [0.25, 0.3) is 0 Å². The van der Waals surface area contributed by atoms with Crippen LogP contribution in [-0.2, 0) is 19.1 Å². The lowest BCUT2D eigenvalue weighted by molar-refractivity contribution is -0.137. The van der Waals surface area contributed by atoms with Gasteiger partial charge in [-0.3, -0.25) is 0 Å². The van der Waals surface area contributed by atoms with Gasteiger partial charge >= 0.3 is 6.18 Å². The number of hydrogen-bond acceptors (Lipinski definition) is 6. The summed E-state index contributed by atoms with van der Waals surface area (Å²) in [6, 6.07) is 15.3. The van der Waals surface area contributed by atoms with Crippen molar-refractivity contribution in [1.82, 2.24) is 15.0 Å². The molecule has 9 heteroatoms. The van der Waals surface area contributed by atoms with Gasteiger partial charge in [-0.15, -0.1) is 0 Å². The maximum atomic E-state index is 13.0. The predicted octanol–water partition coefficient (Wildman–Crippen LogP) is 4.76. The van der Waals surface area contributed by atoms with Crippen molar-refractivity contribution >= 4 is 17.8 Å².